The summed E-state index contributed by atoms with van der Waals surface area (Å²) < 4.78 is 29.0. The molecule has 0 saturated heterocycles. The van der Waals surface area contributed by atoms with Gasteiger partial charge in [-0.3, -0.25) is 0 Å². The van der Waals surface area contributed by atoms with E-state index in [1.165, 1.54) is 89.0 Å². The second-order valence-electron chi connectivity index (χ2n) is 25.5. The summed E-state index contributed by atoms with van der Waals surface area (Å²) in [6, 6.07) is 95.9. The Balaban J connectivity index is 0.948. The molecule has 0 aliphatic heterocycles. The van der Waals surface area contributed by atoms with Crippen molar-refractivity contribution in [1.29, 1.82) is 0 Å². The molecule has 0 amide bonds. The van der Waals surface area contributed by atoms with E-state index in [4.69, 9.17) is 17.7 Å². The number of aryl methyl sites for hydroxylation is 4. The summed E-state index contributed by atoms with van der Waals surface area (Å²) in [6.45, 7) is 17.7. The van der Waals surface area contributed by atoms with E-state index in [0.29, 0.717) is 0 Å². The molecule has 0 saturated carbocycles. The number of hydrogen-bond donors (Lipinski definition) is 0. The fourth-order valence-electron chi connectivity index (χ4n) is 13.4. The van der Waals surface area contributed by atoms with Crippen molar-refractivity contribution in [3.8, 4) is 67.5 Å². The molecule has 0 aliphatic rings. The smallest absolute Gasteiger partial charge is 0.244 e. The molecule has 0 unspecified atom stereocenters. The van der Waals surface area contributed by atoms with E-state index in [9.17, 15) is 0 Å². The van der Waals surface area contributed by atoms with Gasteiger partial charge in [-0.1, -0.05) is 265 Å². The van der Waals surface area contributed by atoms with Crippen LogP contribution >= 0.6 is 0 Å². The summed E-state index contributed by atoms with van der Waals surface area (Å²) in [7, 11) is -5.16. The second-order valence-corrected chi connectivity index (χ2v) is 29.8. The summed E-state index contributed by atoms with van der Waals surface area (Å²) in [5.41, 5.74) is 38.0. The molecule has 0 fully saturated rings. The maximum atomic E-state index is 7.25. The molecular formula is C90H86O4Si4. The molecule has 4 nitrogen and oxygen atoms in total. The van der Waals surface area contributed by atoms with Gasteiger partial charge in [0.2, 0.25) is 39.1 Å². The molecule has 8 heteroatoms. The van der Waals surface area contributed by atoms with Crippen LogP contribution in [0.5, 0.6) is 23.0 Å². The standard InChI is InChI=1S/C90H86O4Si4/c1-61-53-69(57-81(65(61)5)73-29-13-9-14-30-73)45-49-95-91-85-41-25-21-37-77(85)89(78-38-22-26-42-86(78)92-96-50-46-70-54-62(2)66(6)82(58-70)74-31-15-10-16-32-74)90(79-39-23-27-43-87(79)93-97-51-47-71-55-63(3)67(7)83(59-71)75-33-17-11-18-34-75)80-40-24-28-44-88(80)94-98-52-48-72-56-64(4)68(8)84(60-72)76-35-19-12-20-36-76/h9-60,89-90H,95-98H2,1-8H3. The topological polar surface area (TPSA) is 36.9 Å². The van der Waals surface area contributed by atoms with Crippen LogP contribution in [0.1, 0.15) is 101 Å². The Hall–Kier alpha value is -10.3. The average Bonchev–Trinajstić information content (AvgIpc) is 0.786. The van der Waals surface area contributed by atoms with E-state index in [-0.39, 0.29) is 11.8 Å². The van der Waals surface area contributed by atoms with E-state index in [1.807, 2.05) is 0 Å². The minimum Gasteiger partial charge on any atom is -0.545 e. The van der Waals surface area contributed by atoms with Gasteiger partial charge in [-0.15, -0.1) is 0 Å². The molecule has 0 aromatic heterocycles. The van der Waals surface area contributed by atoms with E-state index in [2.05, 4.69) is 369 Å². The Morgan fingerprint density at radius 2 is 0.429 bits per heavy atom. The first kappa shape index (κ1) is 67.6. The SMILES string of the molecule is Cc1cc(C=C[SiH2]Oc2ccccc2C(c2ccccc2O[SiH2]C=Cc2cc(C)c(C)c(-c3ccccc3)c2)C(c2ccccc2O[SiH2]C=Cc2cc(C)c(C)c(-c3ccccc3)c2)c2ccccc2O[SiH2]C=Cc2cc(C)c(C)c(-c3ccccc3)c2)cc(-c2ccccc2)c1C. The predicted molar refractivity (Wildman–Crippen MR) is 428 cm³/mol. The van der Waals surface area contributed by atoms with Crippen molar-refractivity contribution in [2.24, 2.45) is 0 Å². The van der Waals surface area contributed by atoms with Gasteiger partial charge >= 0.3 is 0 Å². The molecular weight excluding hydrogens is 1260 g/mol. The van der Waals surface area contributed by atoms with Crippen molar-refractivity contribution in [2.45, 2.75) is 67.2 Å². The number of para-hydroxylation sites is 4. The second kappa shape index (κ2) is 32.6. The largest absolute Gasteiger partial charge is 0.545 e. The molecule has 0 bridgehead atoms. The van der Waals surface area contributed by atoms with Gasteiger partial charge in [0.1, 0.15) is 23.0 Å². The van der Waals surface area contributed by atoms with Crippen molar-refractivity contribution < 1.29 is 17.7 Å². The zero-order valence-corrected chi connectivity index (χ0v) is 63.3. The van der Waals surface area contributed by atoms with Gasteiger partial charge in [0.05, 0.1) is 0 Å². The molecule has 12 rings (SSSR count). The Morgan fingerprint density at radius 3 is 0.643 bits per heavy atom. The Bertz CT molecular complexity index is 4240. The molecule has 98 heavy (non-hydrogen) atoms. The molecule has 0 radical (unpaired) electrons. The van der Waals surface area contributed by atoms with E-state index >= 15 is 0 Å². The van der Waals surface area contributed by atoms with Crippen molar-refractivity contribution in [3.63, 3.8) is 0 Å². The minimum absolute atomic E-state index is 0.359. The van der Waals surface area contributed by atoms with Crippen LogP contribution in [0.4, 0.5) is 0 Å². The van der Waals surface area contributed by atoms with Crippen LogP contribution in [-0.2, 0) is 0 Å². The van der Waals surface area contributed by atoms with Gasteiger partial charge in [-0.25, -0.2) is 0 Å². The van der Waals surface area contributed by atoms with Gasteiger partial charge in [-0.2, -0.15) is 0 Å². The molecule has 0 aliphatic carbocycles. The van der Waals surface area contributed by atoms with Crippen LogP contribution in [0.2, 0.25) is 0 Å². The maximum absolute atomic E-state index is 7.25. The molecule has 0 N–H and O–H groups in total. The lowest BCUT2D eigenvalue weighted by molar-refractivity contribution is 0.530. The predicted octanol–water partition coefficient (Wildman–Crippen LogP) is 20.3. The summed E-state index contributed by atoms with van der Waals surface area (Å²) >= 11 is 0. The number of rotatable bonds is 25. The van der Waals surface area contributed by atoms with Crippen LogP contribution in [0.25, 0.3) is 68.8 Å². The Kier molecular flexibility index (Phi) is 22.5. The summed E-state index contributed by atoms with van der Waals surface area (Å²) in [6.07, 6.45) is 8.99. The molecule has 12 aromatic carbocycles. The Labute approximate surface area is 590 Å². The third-order valence-electron chi connectivity index (χ3n) is 19.0. The highest BCUT2D eigenvalue weighted by molar-refractivity contribution is 6.38. The normalized spacial score (nSPS) is 12.7. The van der Waals surface area contributed by atoms with Crippen molar-refractivity contribution in [3.05, 3.63) is 379 Å². The van der Waals surface area contributed by atoms with Gasteiger partial charge < -0.3 is 17.7 Å². The maximum Gasteiger partial charge on any atom is 0.244 e. The Morgan fingerprint density at radius 1 is 0.235 bits per heavy atom. The third kappa shape index (κ3) is 16.4. The van der Waals surface area contributed by atoms with Crippen molar-refractivity contribution >= 4 is 63.4 Å². The lowest BCUT2D eigenvalue weighted by Gasteiger charge is -2.33. The monoisotopic (exact) mass is 1340 g/mol. The molecule has 0 spiro atoms. The van der Waals surface area contributed by atoms with Crippen molar-refractivity contribution in [1.82, 2.24) is 0 Å². The van der Waals surface area contributed by atoms with E-state index in [0.717, 1.165) is 67.5 Å². The molecule has 0 atom stereocenters. The highest BCUT2D eigenvalue weighted by Crippen LogP contribution is 2.52. The fraction of sp³-hybridized carbons (Fsp3) is 0.111. The molecule has 486 valence electrons. The quantitative estimate of drug-likeness (QED) is 0.0535. The lowest BCUT2D eigenvalue weighted by Crippen LogP contribution is -2.20. The number of benzene rings is 12. The van der Waals surface area contributed by atoms with Crippen LogP contribution < -0.4 is 17.7 Å². The van der Waals surface area contributed by atoms with Gasteiger partial charge in [0.25, 0.3) is 0 Å². The average molecular weight is 1340 g/mol. The van der Waals surface area contributed by atoms with Crippen LogP contribution in [0.15, 0.2) is 290 Å². The summed E-state index contributed by atoms with van der Waals surface area (Å²) in [5.74, 6) is 2.66. The van der Waals surface area contributed by atoms with Crippen LogP contribution in [-0.4, -0.2) is 39.1 Å². The zero-order chi connectivity index (χ0) is 67.7. The number of hydrogen-bond acceptors (Lipinski definition) is 4. The fourth-order valence-corrected chi connectivity index (χ4v) is 17.0. The molecule has 12 aromatic rings. The van der Waals surface area contributed by atoms with Crippen LogP contribution in [0.3, 0.4) is 0 Å². The summed E-state index contributed by atoms with van der Waals surface area (Å²) in [4.78, 5) is 0. The molecule has 0 heterocycles. The highest BCUT2D eigenvalue weighted by atomic mass is 28.2. The first-order valence-corrected chi connectivity index (χ1v) is 39.7. The lowest BCUT2D eigenvalue weighted by atomic mass is 9.72. The third-order valence-corrected chi connectivity index (χ3v) is 22.7. The minimum atomic E-state index is -1.29. The van der Waals surface area contributed by atoms with Crippen molar-refractivity contribution in [2.75, 3.05) is 0 Å². The van der Waals surface area contributed by atoms with Gasteiger partial charge in [0, 0.05) is 34.1 Å². The first-order chi connectivity index (χ1) is 47.9. The summed E-state index contributed by atoms with van der Waals surface area (Å²) in [5, 5.41) is 0. The van der Waals surface area contributed by atoms with Gasteiger partial charge in [-0.05, 0) is 215 Å². The van der Waals surface area contributed by atoms with Gasteiger partial charge in [0.15, 0.2) is 0 Å². The van der Waals surface area contributed by atoms with E-state index < -0.39 is 39.1 Å². The van der Waals surface area contributed by atoms with Crippen LogP contribution in [0, 0.1) is 55.4 Å². The zero-order valence-electron chi connectivity index (χ0n) is 57.6. The highest BCUT2D eigenvalue weighted by Gasteiger charge is 2.36. The van der Waals surface area contributed by atoms with E-state index in [1.54, 1.807) is 0 Å². The first-order valence-electron chi connectivity index (χ1n) is 34.2.